The van der Waals surface area contributed by atoms with Gasteiger partial charge in [0.1, 0.15) is 0 Å². The number of carbonyl (C=O) groups excluding carboxylic acids is 1. The van der Waals surface area contributed by atoms with Gasteiger partial charge in [0, 0.05) is 16.2 Å². The molecule has 1 aromatic carbocycles. The van der Waals surface area contributed by atoms with Crippen LogP contribution in [-0.2, 0) is 4.79 Å². The molecule has 0 N–H and O–H groups in total. The normalized spacial score (nSPS) is 17.5. The van der Waals surface area contributed by atoms with Gasteiger partial charge in [0.15, 0.2) is 5.78 Å². The average Bonchev–Trinajstić information content (AvgIpc) is 2.48. The summed E-state index contributed by atoms with van der Waals surface area (Å²) in [7, 11) is 0. The first-order valence-corrected chi connectivity index (χ1v) is 7.60. The van der Waals surface area contributed by atoms with Crippen molar-refractivity contribution in [2.24, 2.45) is 4.99 Å². The lowest BCUT2D eigenvalue weighted by molar-refractivity contribution is -0.112. The molecule has 3 heteroatoms. The van der Waals surface area contributed by atoms with Crippen molar-refractivity contribution in [2.45, 2.75) is 34.1 Å². The maximum atomic E-state index is 12.5. The van der Waals surface area contributed by atoms with Gasteiger partial charge >= 0.3 is 0 Å². The van der Waals surface area contributed by atoms with E-state index in [2.05, 4.69) is 6.58 Å². The van der Waals surface area contributed by atoms with Crippen LogP contribution >= 0.6 is 11.6 Å². The number of hydrogen-bond donors (Lipinski definition) is 0. The highest BCUT2D eigenvalue weighted by Crippen LogP contribution is 2.30. The summed E-state index contributed by atoms with van der Waals surface area (Å²) in [5.41, 5.74) is 6.10. The number of ketones is 1. The van der Waals surface area contributed by atoms with Gasteiger partial charge in [-0.1, -0.05) is 23.8 Å². The number of rotatable bonds is 3. The Bertz CT molecular complexity index is 733. The zero-order valence-electron chi connectivity index (χ0n) is 13.5. The van der Waals surface area contributed by atoms with Crippen LogP contribution in [0.4, 0.5) is 5.69 Å². The molecule has 0 bridgehead atoms. The van der Waals surface area contributed by atoms with E-state index in [1.807, 2.05) is 52.0 Å². The standard InChI is InChI=1S/C19H20ClNO/c1-11(2)10-17-14(5)18(12(3)13(4)19(17)22)21-16-8-6-15(20)7-9-16/h6-9H,1,10H2,2-5H3. The highest BCUT2D eigenvalue weighted by molar-refractivity contribution is 6.30. The molecule has 0 heterocycles. The Labute approximate surface area is 136 Å². The van der Waals surface area contributed by atoms with E-state index >= 15 is 0 Å². The second kappa shape index (κ2) is 6.45. The first-order valence-electron chi connectivity index (χ1n) is 7.22. The van der Waals surface area contributed by atoms with Gasteiger partial charge in [0.2, 0.25) is 0 Å². The van der Waals surface area contributed by atoms with Gasteiger partial charge in [-0.25, -0.2) is 4.99 Å². The molecule has 0 atom stereocenters. The maximum Gasteiger partial charge on any atom is 0.185 e. The molecular formula is C19H20ClNO. The predicted octanol–water partition coefficient (Wildman–Crippen LogP) is 5.61. The molecule has 1 aliphatic rings. The van der Waals surface area contributed by atoms with Gasteiger partial charge in [-0.05, 0) is 69.5 Å². The van der Waals surface area contributed by atoms with E-state index in [9.17, 15) is 4.79 Å². The van der Waals surface area contributed by atoms with Gasteiger partial charge in [0.05, 0.1) is 11.4 Å². The van der Waals surface area contributed by atoms with Crippen molar-refractivity contribution in [3.05, 3.63) is 63.7 Å². The monoisotopic (exact) mass is 313 g/mol. The number of benzene rings is 1. The summed E-state index contributed by atoms with van der Waals surface area (Å²) in [4.78, 5) is 17.2. The van der Waals surface area contributed by atoms with Crippen molar-refractivity contribution in [1.29, 1.82) is 0 Å². The molecule has 0 saturated carbocycles. The van der Waals surface area contributed by atoms with Gasteiger partial charge in [-0.2, -0.15) is 0 Å². The maximum absolute atomic E-state index is 12.5. The number of nitrogens with zero attached hydrogens (tertiary/aromatic N) is 1. The molecule has 0 saturated heterocycles. The SMILES string of the molecule is C=C(C)CC1=C(C)C(=Nc2ccc(Cl)cc2)C(C)=C(C)C1=O. The largest absolute Gasteiger partial charge is 0.289 e. The van der Waals surface area contributed by atoms with Crippen LogP contribution in [0.3, 0.4) is 0 Å². The molecule has 114 valence electrons. The Morgan fingerprint density at radius 1 is 1.09 bits per heavy atom. The zero-order valence-corrected chi connectivity index (χ0v) is 14.2. The predicted molar refractivity (Wildman–Crippen MR) is 94.1 cm³/mol. The fourth-order valence-electron chi connectivity index (χ4n) is 2.50. The minimum absolute atomic E-state index is 0.105. The Morgan fingerprint density at radius 2 is 1.68 bits per heavy atom. The van der Waals surface area contributed by atoms with Crippen molar-refractivity contribution in [3.63, 3.8) is 0 Å². The van der Waals surface area contributed by atoms with Crippen LogP contribution < -0.4 is 0 Å². The van der Waals surface area contributed by atoms with Crippen molar-refractivity contribution in [3.8, 4) is 0 Å². The minimum atomic E-state index is 0.105. The van der Waals surface area contributed by atoms with E-state index in [1.165, 1.54) is 0 Å². The highest BCUT2D eigenvalue weighted by Gasteiger charge is 2.26. The van der Waals surface area contributed by atoms with Crippen LogP contribution in [0.15, 0.2) is 63.7 Å². The molecule has 22 heavy (non-hydrogen) atoms. The van der Waals surface area contributed by atoms with E-state index in [-0.39, 0.29) is 5.78 Å². The Hall–Kier alpha value is -1.93. The first-order chi connectivity index (χ1) is 10.3. The molecule has 2 rings (SSSR count). The zero-order chi connectivity index (χ0) is 16.4. The Balaban J connectivity index is 2.56. The second-order valence-electron chi connectivity index (χ2n) is 5.75. The molecule has 1 aromatic rings. The van der Waals surface area contributed by atoms with Gasteiger partial charge in [0.25, 0.3) is 0 Å². The van der Waals surface area contributed by atoms with Crippen LogP contribution in [-0.4, -0.2) is 11.5 Å². The molecule has 0 aliphatic heterocycles. The summed E-state index contributed by atoms with van der Waals surface area (Å²) in [6, 6.07) is 7.38. The summed E-state index contributed by atoms with van der Waals surface area (Å²) in [6.45, 7) is 11.6. The highest BCUT2D eigenvalue weighted by atomic mass is 35.5. The summed E-state index contributed by atoms with van der Waals surface area (Å²) in [5.74, 6) is 0.105. The minimum Gasteiger partial charge on any atom is -0.289 e. The van der Waals surface area contributed by atoms with Gasteiger partial charge < -0.3 is 0 Å². The number of carbonyl (C=O) groups is 1. The lowest BCUT2D eigenvalue weighted by atomic mass is 9.83. The molecule has 2 nitrogen and oxygen atoms in total. The number of Topliss-reactive ketones (excluding diaryl/α,β-unsaturated/α-hetero) is 1. The smallest absolute Gasteiger partial charge is 0.185 e. The van der Waals surface area contributed by atoms with E-state index in [4.69, 9.17) is 16.6 Å². The topological polar surface area (TPSA) is 29.4 Å². The third-order valence-electron chi connectivity index (χ3n) is 3.89. The molecule has 0 aromatic heterocycles. The molecule has 0 radical (unpaired) electrons. The molecule has 0 unspecified atom stereocenters. The van der Waals surface area contributed by atoms with Crippen LogP contribution in [0, 0.1) is 0 Å². The van der Waals surface area contributed by atoms with E-state index in [0.717, 1.165) is 39.3 Å². The van der Waals surface area contributed by atoms with Crippen molar-refractivity contribution in [2.75, 3.05) is 0 Å². The van der Waals surface area contributed by atoms with Crippen molar-refractivity contribution >= 4 is 28.8 Å². The number of hydrogen-bond acceptors (Lipinski definition) is 2. The van der Waals surface area contributed by atoms with Crippen LogP contribution in [0.25, 0.3) is 0 Å². The number of halogens is 1. The lowest BCUT2D eigenvalue weighted by Gasteiger charge is -2.22. The van der Waals surface area contributed by atoms with Gasteiger partial charge in [-0.15, -0.1) is 0 Å². The van der Waals surface area contributed by atoms with Crippen molar-refractivity contribution < 1.29 is 4.79 Å². The van der Waals surface area contributed by atoms with Crippen molar-refractivity contribution in [1.82, 2.24) is 0 Å². The Kier molecular flexibility index (Phi) is 4.82. The summed E-state index contributed by atoms with van der Waals surface area (Å²) in [6.07, 6.45) is 0.592. The number of allylic oxidation sites excluding steroid dienone is 5. The molecular weight excluding hydrogens is 294 g/mol. The van der Waals surface area contributed by atoms with Crippen LogP contribution in [0.5, 0.6) is 0 Å². The first kappa shape index (κ1) is 16.4. The van der Waals surface area contributed by atoms with E-state index in [1.54, 1.807) is 0 Å². The third-order valence-corrected chi connectivity index (χ3v) is 4.14. The van der Waals surface area contributed by atoms with E-state index in [0.29, 0.717) is 11.4 Å². The molecule has 0 amide bonds. The number of aliphatic imine (C=N–C) groups is 1. The van der Waals surface area contributed by atoms with Crippen LogP contribution in [0.2, 0.25) is 5.02 Å². The summed E-state index contributed by atoms with van der Waals surface area (Å²) in [5, 5.41) is 0.682. The molecule has 0 fully saturated rings. The third kappa shape index (κ3) is 3.28. The second-order valence-corrected chi connectivity index (χ2v) is 6.19. The average molecular weight is 314 g/mol. The lowest BCUT2D eigenvalue weighted by Crippen LogP contribution is -2.21. The van der Waals surface area contributed by atoms with E-state index < -0.39 is 0 Å². The Morgan fingerprint density at radius 3 is 2.23 bits per heavy atom. The van der Waals surface area contributed by atoms with Gasteiger partial charge in [-0.3, -0.25) is 4.79 Å². The quantitative estimate of drug-likeness (QED) is 0.526. The fourth-order valence-corrected chi connectivity index (χ4v) is 2.62. The summed E-state index contributed by atoms with van der Waals surface area (Å²) < 4.78 is 0. The van der Waals surface area contributed by atoms with Crippen LogP contribution in [0.1, 0.15) is 34.1 Å². The fraction of sp³-hybridized carbons (Fsp3) is 0.263. The molecule has 1 aliphatic carbocycles. The summed E-state index contributed by atoms with van der Waals surface area (Å²) >= 11 is 5.91. The molecule has 0 spiro atoms.